The van der Waals surface area contributed by atoms with Gasteiger partial charge in [0.2, 0.25) is 0 Å². The third kappa shape index (κ3) is 2.91. The molecule has 0 aromatic carbocycles. The van der Waals surface area contributed by atoms with Gasteiger partial charge in [-0.1, -0.05) is 0 Å². The number of carbonyl (C=O) groups is 1. The van der Waals surface area contributed by atoms with Gasteiger partial charge in [-0.25, -0.2) is 5.11 Å². The van der Waals surface area contributed by atoms with Crippen LogP contribution in [-0.4, -0.2) is 18.8 Å². The van der Waals surface area contributed by atoms with E-state index in [9.17, 15) is 23.1 Å². The van der Waals surface area contributed by atoms with Crippen molar-refractivity contribution in [3.8, 4) is 0 Å². The average Bonchev–Trinajstić information content (AvgIpc) is 1.64. The van der Waals surface area contributed by atoms with Crippen molar-refractivity contribution in [1.82, 2.24) is 5.32 Å². The van der Waals surface area contributed by atoms with Gasteiger partial charge in [0, 0.05) is 0 Å². The molecular weight excluding hydrogens is 139 g/mol. The lowest BCUT2D eigenvalue weighted by Crippen LogP contribution is -2.36. The molecule has 0 aromatic rings. The van der Waals surface area contributed by atoms with Crippen molar-refractivity contribution in [3.05, 3.63) is 0 Å². The highest BCUT2D eigenvalue weighted by atomic mass is 19.4. The largest absolute Gasteiger partial charge is 0.471 e. The van der Waals surface area contributed by atoms with Crippen molar-refractivity contribution in [2.75, 3.05) is 6.73 Å². The summed E-state index contributed by atoms with van der Waals surface area (Å²) in [6.45, 7) is -1.25. The quantitative estimate of drug-likeness (QED) is 0.517. The summed E-state index contributed by atoms with van der Waals surface area (Å²) in [4.78, 5) is 9.63. The second-order valence-electron chi connectivity index (χ2n) is 1.15. The van der Waals surface area contributed by atoms with E-state index in [1.807, 2.05) is 0 Å². The molecule has 0 unspecified atom stereocenters. The predicted octanol–water partition coefficient (Wildman–Crippen LogP) is 0.0529. The van der Waals surface area contributed by atoms with E-state index in [0.717, 1.165) is 5.32 Å². The van der Waals surface area contributed by atoms with Crippen molar-refractivity contribution < 1.29 is 23.1 Å². The van der Waals surface area contributed by atoms with Gasteiger partial charge >= 0.3 is 12.1 Å². The number of hydrogen-bond donors (Lipinski definition) is 1. The SMILES string of the molecule is [O]CNC(=O)C(F)(F)F. The maximum absolute atomic E-state index is 11.1. The molecule has 0 fully saturated rings. The fourth-order valence-electron chi connectivity index (χ4n) is 0.166. The highest BCUT2D eigenvalue weighted by Crippen LogP contribution is 2.13. The van der Waals surface area contributed by atoms with Gasteiger partial charge in [-0.05, 0) is 0 Å². The van der Waals surface area contributed by atoms with E-state index in [2.05, 4.69) is 0 Å². The number of carbonyl (C=O) groups excluding carboxylic acids is 1. The van der Waals surface area contributed by atoms with Crippen LogP contribution >= 0.6 is 0 Å². The first-order chi connectivity index (χ1) is 3.98. The first-order valence-corrected chi connectivity index (χ1v) is 1.91. The minimum Gasteiger partial charge on any atom is -0.323 e. The van der Waals surface area contributed by atoms with Crippen LogP contribution in [0.15, 0.2) is 0 Å². The molecule has 0 aliphatic carbocycles. The number of amides is 1. The third-order valence-electron chi connectivity index (χ3n) is 0.490. The van der Waals surface area contributed by atoms with E-state index in [-0.39, 0.29) is 0 Å². The summed E-state index contributed by atoms with van der Waals surface area (Å²) < 4.78 is 33.3. The number of hydrogen-bond acceptors (Lipinski definition) is 1. The minimum absolute atomic E-state index is 1.07. The van der Waals surface area contributed by atoms with Crippen molar-refractivity contribution in [2.24, 2.45) is 0 Å². The standard InChI is InChI=1S/C3H3F3NO2/c4-3(5,6)2(9)7-1-8/h1H2,(H,7,9). The summed E-state index contributed by atoms with van der Waals surface area (Å²) in [5.41, 5.74) is 0. The summed E-state index contributed by atoms with van der Waals surface area (Å²) in [6, 6.07) is 0. The molecule has 0 bridgehead atoms. The highest BCUT2D eigenvalue weighted by Gasteiger charge is 2.38. The highest BCUT2D eigenvalue weighted by molar-refractivity contribution is 5.81. The smallest absolute Gasteiger partial charge is 0.323 e. The molecule has 1 amide bonds. The van der Waals surface area contributed by atoms with E-state index in [1.54, 1.807) is 0 Å². The molecule has 0 atom stereocenters. The Morgan fingerprint density at radius 3 is 2.00 bits per heavy atom. The average molecular weight is 142 g/mol. The third-order valence-corrected chi connectivity index (χ3v) is 0.490. The number of alkyl halides is 3. The molecule has 0 aromatic heterocycles. The number of halogens is 3. The van der Waals surface area contributed by atoms with Crippen molar-refractivity contribution in [1.29, 1.82) is 0 Å². The first kappa shape index (κ1) is 8.22. The molecule has 1 radical (unpaired) electrons. The number of nitrogens with one attached hydrogen (secondary N) is 1. The van der Waals surface area contributed by atoms with Gasteiger partial charge in [0.1, 0.15) is 0 Å². The van der Waals surface area contributed by atoms with Gasteiger partial charge in [-0.2, -0.15) is 13.2 Å². The van der Waals surface area contributed by atoms with E-state index in [1.165, 1.54) is 0 Å². The molecule has 3 nitrogen and oxygen atoms in total. The van der Waals surface area contributed by atoms with Crippen LogP contribution in [0, 0.1) is 0 Å². The van der Waals surface area contributed by atoms with Crippen LogP contribution in [0.5, 0.6) is 0 Å². The Labute approximate surface area is 48.5 Å². The summed E-state index contributed by atoms with van der Waals surface area (Å²) in [5.74, 6) is -2.20. The predicted molar refractivity (Wildman–Crippen MR) is 19.8 cm³/mol. The van der Waals surface area contributed by atoms with Crippen LogP contribution in [0.1, 0.15) is 0 Å². The van der Waals surface area contributed by atoms with Crippen LogP contribution in [-0.2, 0) is 9.90 Å². The van der Waals surface area contributed by atoms with Crippen molar-refractivity contribution >= 4 is 5.91 Å². The normalized spacial score (nSPS) is 11.1. The van der Waals surface area contributed by atoms with E-state index >= 15 is 0 Å². The van der Waals surface area contributed by atoms with Gasteiger partial charge in [-0.15, -0.1) is 0 Å². The molecule has 6 heteroatoms. The zero-order chi connectivity index (χ0) is 7.49. The second-order valence-corrected chi connectivity index (χ2v) is 1.15. The number of rotatable bonds is 1. The maximum atomic E-state index is 11.1. The van der Waals surface area contributed by atoms with Gasteiger partial charge in [0.15, 0.2) is 6.73 Å². The summed E-state index contributed by atoms with van der Waals surface area (Å²) in [6.07, 6.45) is -4.94. The molecule has 0 rings (SSSR count). The van der Waals surface area contributed by atoms with Crippen molar-refractivity contribution in [3.63, 3.8) is 0 Å². The molecule has 0 saturated carbocycles. The maximum Gasteiger partial charge on any atom is 0.471 e. The van der Waals surface area contributed by atoms with Crippen LogP contribution in [0.25, 0.3) is 0 Å². The molecule has 1 N–H and O–H groups in total. The van der Waals surface area contributed by atoms with Crippen LogP contribution in [0.4, 0.5) is 13.2 Å². The molecule has 53 valence electrons. The molecule has 0 heterocycles. The first-order valence-electron chi connectivity index (χ1n) is 1.91. The lowest BCUT2D eigenvalue weighted by molar-refractivity contribution is -0.175. The molecule has 9 heavy (non-hydrogen) atoms. The Hall–Kier alpha value is -0.780. The summed E-state index contributed by atoms with van der Waals surface area (Å²) in [5, 5.41) is 10.4. The van der Waals surface area contributed by atoms with Crippen LogP contribution < -0.4 is 5.32 Å². The second kappa shape index (κ2) is 2.67. The Morgan fingerprint density at radius 1 is 1.44 bits per heavy atom. The van der Waals surface area contributed by atoms with Crippen molar-refractivity contribution in [2.45, 2.75) is 6.18 Å². The fourth-order valence-corrected chi connectivity index (χ4v) is 0.166. The van der Waals surface area contributed by atoms with Gasteiger partial charge < -0.3 is 5.32 Å². The lowest BCUT2D eigenvalue weighted by atomic mass is 10.6. The Bertz CT molecular complexity index is 110. The minimum atomic E-state index is -4.94. The molecule has 0 aliphatic heterocycles. The summed E-state index contributed by atoms with van der Waals surface area (Å²) >= 11 is 0. The Morgan fingerprint density at radius 2 is 1.89 bits per heavy atom. The zero-order valence-corrected chi connectivity index (χ0v) is 4.16. The van der Waals surface area contributed by atoms with E-state index < -0.39 is 18.8 Å². The fraction of sp³-hybridized carbons (Fsp3) is 0.667. The van der Waals surface area contributed by atoms with E-state index in [0.29, 0.717) is 0 Å². The van der Waals surface area contributed by atoms with Crippen LogP contribution in [0.2, 0.25) is 0 Å². The van der Waals surface area contributed by atoms with Crippen LogP contribution in [0.3, 0.4) is 0 Å². The monoisotopic (exact) mass is 142 g/mol. The van der Waals surface area contributed by atoms with Gasteiger partial charge in [-0.3, -0.25) is 4.79 Å². The molecule has 0 spiro atoms. The van der Waals surface area contributed by atoms with E-state index in [4.69, 9.17) is 0 Å². The lowest BCUT2D eigenvalue weighted by Gasteiger charge is -2.02. The topological polar surface area (TPSA) is 49.0 Å². The van der Waals surface area contributed by atoms with Gasteiger partial charge in [0.05, 0.1) is 0 Å². The zero-order valence-electron chi connectivity index (χ0n) is 4.16. The Balaban J connectivity index is 3.74. The Kier molecular flexibility index (Phi) is 2.44. The molecular formula is C3H3F3NO2. The van der Waals surface area contributed by atoms with Gasteiger partial charge in [0.25, 0.3) is 0 Å². The summed E-state index contributed by atoms with van der Waals surface area (Å²) in [7, 11) is 0. The molecule has 0 aliphatic rings. The molecule has 0 saturated heterocycles.